The number of benzene rings is 2. The van der Waals surface area contributed by atoms with E-state index in [4.69, 9.17) is 0 Å². The summed E-state index contributed by atoms with van der Waals surface area (Å²) in [7, 11) is 0. The number of ketones is 2. The summed E-state index contributed by atoms with van der Waals surface area (Å²) in [6.07, 6.45) is 1.23. The van der Waals surface area contributed by atoms with Gasteiger partial charge in [-0.15, -0.1) is 0 Å². The summed E-state index contributed by atoms with van der Waals surface area (Å²) in [4.78, 5) is 23.8. The van der Waals surface area contributed by atoms with E-state index in [0.29, 0.717) is 12.8 Å². The Hall–Kier alpha value is -1.43. The number of Topliss-reactive ketones (excluding diaryl/α,β-unsaturated/α-hetero) is 2. The van der Waals surface area contributed by atoms with E-state index in [2.05, 4.69) is 0 Å². The topological polar surface area (TPSA) is 34.1 Å². The molecule has 0 heterocycles. The van der Waals surface area contributed by atoms with Crippen molar-refractivity contribution in [1.82, 2.24) is 0 Å². The van der Waals surface area contributed by atoms with Crippen LogP contribution in [-0.4, -0.2) is 32.5 Å². The fourth-order valence-corrected chi connectivity index (χ4v) is 4.43. The molecule has 0 bridgehead atoms. The van der Waals surface area contributed by atoms with Crippen LogP contribution in [0.4, 0.5) is 0 Å². The average Bonchev–Trinajstić information content (AvgIpc) is 2.55. The first kappa shape index (κ1) is 15.9. The molecule has 0 N–H and O–H groups in total. The maximum atomic E-state index is 11.9. The van der Waals surface area contributed by atoms with Gasteiger partial charge in [0.25, 0.3) is 0 Å². The van der Waals surface area contributed by atoms with Crippen LogP contribution in [0.2, 0.25) is 8.94 Å². The third-order valence-electron chi connectivity index (χ3n) is 3.14. The second-order valence-corrected chi connectivity index (χ2v) is 8.19. The minimum absolute atomic E-state index is 0.218. The fourth-order valence-electron chi connectivity index (χ4n) is 1.97. The molecular weight excluding hydrogens is 376 g/mol. The third-order valence-corrected chi connectivity index (χ3v) is 5.95. The van der Waals surface area contributed by atoms with Crippen molar-refractivity contribution in [3.05, 3.63) is 71.8 Å². The summed E-state index contributed by atoms with van der Waals surface area (Å²) in [6, 6.07) is 18.9. The molecule has 0 aliphatic carbocycles. The molecule has 2 rings (SSSR count). The van der Waals surface area contributed by atoms with Crippen LogP contribution < -0.4 is 0 Å². The van der Waals surface area contributed by atoms with Crippen molar-refractivity contribution in [2.45, 2.75) is 21.8 Å². The molecule has 0 saturated heterocycles. The number of carbonyl (C=O) groups is 2. The summed E-state index contributed by atoms with van der Waals surface area (Å²) in [6.45, 7) is 0. The molecule has 0 atom stereocenters. The molecule has 0 radical (unpaired) electrons. The standard InChI is InChI=1S/C18H18O2Te/c19-17(15-7-3-1-4-8-15)11-13-21-14-12-18(20)16-9-5-2-6-10-16/h1-10H,11-14H2. The second-order valence-electron chi connectivity index (χ2n) is 4.69. The monoisotopic (exact) mass is 396 g/mol. The van der Waals surface area contributed by atoms with Crippen LogP contribution in [0.5, 0.6) is 0 Å². The quantitative estimate of drug-likeness (QED) is 0.385. The Morgan fingerprint density at radius 2 is 1.05 bits per heavy atom. The van der Waals surface area contributed by atoms with Crippen LogP contribution >= 0.6 is 0 Å². The molecule has 2 nitrogen and oxygen atoms in total. The minimum atomic E-state index is -0.246. The maximum absolute atomic E-state index is 11.9. The van der Waals surface area contributed by atoms with E-state index in [1.165, 1.54) is 0 Å². The molecule has 0 unspecified atom stereocenters. The molecule has 2 aromatic carbocycles. The Kier molecular flexibility index (Phi) is 6.66. The van der Waals surface area contributed by atoms with Gasteiger partial charge in [-0.3, -0.25) is 0 Å². The van der Waals surface area contributed by atoms with Crippen LogP contribution in [0.1, 0.15) is 33.6 Å². The Balaban J connectivity index is 1.64. The van der Waals surface area contributed by atoms with Crippen molar-refractivity contribution in [3.63, 3.8) is 0 Å². The number of hydrogen-bond acceptors (Lipinski definition) is 2. The summed E-state index contributed by atoms with van der Waals surface area (Å²) in [5, 5.41) is 0. The predicted molar refractivity (Wildman–Crippen MR) is 86.1 cm³/mol. The first-order valence-corrected chi connectivity index (χ1v) is 10.3. The van der Waals surface area contributed by atoms with Crippen LogP contribution in [0.15, 0.2) is 60.7 Å². The summed E-state index contributed by atoms with van der Waals surface area (Å²) >= 11 is -0.246. The molecule has 0 spiro atoms. The Morgan fingerprint density at radius 3 is 1.43 bits per heavy atom. The van der Waals surface area contributed by atoms with Gasteiger partial charge in [0, 0.05) is 0 Å². The van der Waals surface area contributed by atoms with Gasteiger partial charge >= 0.3 is 136 Å². The zero-order valence-corrected chi connectivity index (χ0v) is 14.2. The molecule has 0 amide bonds. The number of carbonyl (C=O) groups excluding carboxylic acids is 2. The molecule has 108 valence electrons. The van der Waals surface area contributed by atoms with Gasteiger partial charge in [-0.25, -0.2) is 0 Å². The van der Waals surface area contributed by atoms with Crippen molar-refractivity contribution >= 4 is 32.5 Å². The number of rotatable bonds is 8. The van der Waals surface area contributed by atoms with Gasteiger partial charge in [0.05, 0.1) is 0 Å². The van der Waals surface area contributed by atoms with Crippen LogP contribution in [-0.2, 0) is 0 Å². The Labute approximate surface area is 135 Å². The summed E-state index contributed by atoms with van der Waals surface area (Å²) < 4.78 is 1.95. The first-order valence-electron chi connectivity index (χ1n) is 7.01. The summed E-state index contributed by atoms with van der Waals surface area (Å²) in [5.74, 6) is 0.435. The Bertz CT molecular complexity index is 525. The van der Waals surface area contributed by atoms with E-state index in [1.807, 2.05) is 60.7 Å². The second kappa shape index (κ2) is 8.77. The van der Waals surface area contributed by atoms with Crippen LogP contribution in [0.25, 0.3) is 0 Å². The van der Waals surface area contributed by atoms with Crippen molar-refractivity contribution in [2.75, 3.05) is 0 Å². The van der Waals surface area contributed by atoms with E-state index in [9.17, 15) is 9.59 Å². The van der Waals surface area contributed by atoms with E-state index in [1.54, 1.807) is 0 Å². The predicted octanol–water partition coefficient (Wildman–Crippen LogP) is 4.07. The normalized spacial score (nSPS) is 10.3. The van der Waals surface area contributed by atoms with E-state index < -0.39 is 0 Å². The molecule has 0 aliphatic heterocycles. The molecule has 0 aliphatic rings. The van der Waals surface area contributed by atoms with Crippen LogP contribution in [0.3, 0.4) is 0 Å². The van der Waals surface area contributed by atoms with Gasteiger partial charge in [-0.1, -0.05) is 0 Å². The van der Waals surface area contributed by atoms with Crippen molar-refractivity contribution < 1.29 is 9.59 Å². The SMILES string of the molecule is O=C(CC[Te]CCC(=O)c1ccccc1)c1ccccc1. The van der Waals surface area contributed by atoms with Crippen molar-refractivity contribution in [1.29, 1.82) is 0 Å². The van der Waals surface area contributed by atoms with E-state index >= 15 is 0 Å². The van der Waals surface area contributed by atoms with E-state index in [0.717, 1.165) is 20.1 Å². The van der Waals surface area contributed by atoms with E-state index in [-0.39, 0.29) is 32.5 Å². The molecule has 3 heteroatoms. The molecule has 2 aromatic rings. The molecular formula is C18H18O2Te. The molecule has 0 aromatic heterocycles. The van der Waals surface area contributed by atoms with Gasteiger partial charge in [0.1, 0.15) is 0 Å². The van der Waals surface area contributed by atoms with Gasteiger partial charge < -0.3 is 0 Å². The van der Waals surface area contributed by atoms with Crippen molar-refractivity contribution in [3.8, 4) is 0 Å². The van der Waals surface area contributed by atoms with Crippen LogP contribution in [0, 0.1) is 0 Å². The Morgan fingerprint density at radius 1 is 0.667 bits per heavy atom. The molecule has 0 saturated carbocycles. The summed E-state index contributed by atoms with van der Waals surface area (Å²) in [5.41, 5.74) is 1.59. The number of hydrogen-bond donors (Lipinski definition) is 0. The zero-order chi connectivity index (χ0) is 14.9. The zero-order valence-electron chi connectivity index (χ0n) is 11.8. The van der Waals surface area contributed by atoms with Gasteiger partial charge in [-0.2, -0.15) is 0 Å². The third kappa shape index (κ3) is 5.46. The van der Waals surface area contributed by atoms with Crippen molar-refractivity contribution in [2.24, 2.45) is 0 Å². The van der Waals surface area contributed by atoms with Gasteiger partial charge in [0.15, 0.2) is 0 Å². The van der Waals surface area contributed by atoms with Gasteiger partial charge in [0.2, 0.25) is 0 Å². The molecule has 21 heavy (non-hydrogen) atoms. The van der Waals surface area contributed by atoms with Gasteiger partial charge in [-0.05, 0) is 0 Å². The first-order chi connectivity index (χ1) is 10.3. The fraction of sp³-hybridized carbons (Fsp3) is 0.222. The average molecular weight is 394 g/mol. The molecule has 0 fully saturated rings.